The second kappa shape index (κ2) is 20.9. The zero-order valence-corrected chi connectivity index (χ0v) is 16.1. The van der Waals surface area contributed by atoms with Crippen LogP contribution in [-0.2, 0) is 28.9 Å². The first-order valence-electron chi connectivity index (χ1n) is 8.13. The molecular weight excluding hydrogens is 384 g/mol. The van der Waals surface area contributed by atoms with Gasteiger partial charge in [-0.25, -0.2) is 10.1 Å². The monoisotopic (exact) mass is 414 g/mol. The number of amides is 2. The van der Waals surface area contributed by atoms with Crippen molar-refractivity contribution in [1.82, 2.24) is 10.1 Å². The van der Waals surface area contributed by atoms with Crippen LogP contribution in [0, 0.1) is 0 Å². The van der Waals surface area contributed by atoms with Crippen LogP contribution in [-0.4, -0.2) is 96.7 Å². The van der Waals surface area contributed by atoms with Gasteiger partial charge < -0.3 is 41.5 Å². The molecule has 0 aromatic heterocycles. The van der Waals surface area contributed by atoms with E-state index in [-0.39, 0.29) is 38.2 Å². The molecule has 2 amide bonds. The van der Waals surface area contributed by atoms with Crippen molar-refractivity contribution in [3.05, 3.63) is 0 Å². The van der Waals surface area contributed by atoms with E-state index in [4.69, 9.17) is 39.7 Å². The van der Waals surface area contributed by atoms with Gasteiger partial charge in [0.2, 0.25) is 11.8 Å². The third kappa shape index (κ3) is 21.7. The van der Waals surface area contributed by atoms with Gasteiger partial charge in [0.15, 0.2) is 0 Å². The molecule has 0 aliphatic heterocycles. The minimum atomic E-state index is -2.19. The first-order valence-corrected chi connectivity index (χ1v) is 8.13. The van der Waals surface area contributed by atoms with Crippen LogP contribution in [0.15, 0.2) is 0 Å². The number of nitrogens with zero attached hydrogens (tertiary/aromatic N) is 2. The standard InChI is InChI=1S/2C6H14N2O3.C2H2O4/c2*1-6(10)8(3-2-7)11-5-4-9;3-1(4)2(5)6/h2*9H,2-5,7H2,1H3;(H,3,4)(H,5,6). The summed E-state index contributed by atoms with van der Waals surface area (Å²) in [4.78, 5) is 49.1. The Kier molecular flexibility index (Phi) is 22.7. The predicted octanol–water partition coefficient (Wildman–Crippen LogP) is -7.51. The SMILES string of the molecule is CC(=O)N(CC[NH3+])OCCO.CC(=O)N(CC[NH3+])OCCO.O=C([O-])C(=O)[O-]. The smallest absolute Gasteiger partial charge is 0.243 e. The number of quaternary nitrogens is 2. The Hall–Kier alpha value is -2.36. The highest BCUT2D eigenvalue weighted by atomic mass is 16.7. The molecule has 166 valence electrons. The minimum absolute atomic E-state index is 0.0824. The van der Waals surface area contributed by atoms with Crippen LogP contribution in [0.5, 0.6) is 0 Å². The third-order valence-electron chi connectivity index (χ3n) is 2.27. The number of aliphatic carboxylic acids is 2. The van der Waals surface area contributed by atoms with Crippen molar-refractivity contribution >= 4 is 23.8 Å². The van der Waals surface area contributed by atoms with Crippen molar-refractivity contribution in [1.29, 1.82) is 0 Å². The Bertz CT molecular complexity index is 410. The zero-order valence-electron chi connectivity index (χ0n) is 16.1. The van der Waals surface area contributed by atoms with Gasteiger partial charge in [0.05, 0.1) is 64.5 Å². The molecule has 0 rings (SSSR count). The van der Waals surface area contributed by atoms with Gasteiger partial charge in [-0.3, -0.25) is 19.3 Å². The summed E-state index contributed by atoms with van der Waals surface area (Å²) in [7, 11) is 0. The number of hydrogen-bond acceptors (Lipinski definition) is 10. The maximum atomic E-state index is 10.7. The second-order valence-corrected chi connectivity index (χ2v) is 4.64. The van der Waals surface area contributed by atoms with Gasteiger partial charge in [-0.15, -0.1) is 0 Å². The Morgan fingerprint density at radius 1 is 0.786 bits per heavy atom. The summed E-state index contributed by atoms with van der Waals surface area (Å²) >= 11 is 0. The van der Waals surface area contributed by atoms with Gasteiger partial charge in [0.25, 0.3) is 0 Å². The van der Waals surface area contributed by atoms with E-state index in [1.54, 1.807) is 0 Å². The van der Waals surface area contributed by atoms with E-state index in [0.717, 1.165) is 0 Å². The van der Waals surface area contributed by atoms with Gasteiger partial charge in [-0.1, -0.05) is 0 Å². The molecule has 14 nitrogen and oxygen atoms in total. The molecule has 0 saturated carbocycles. The molecule has 0 heterocycles. The summed E-state index contributed by atoms with van der Waals surface area (Å²) < 4.78 is 0. The fourth-order valence-electron chi connectivity index (χ4n) is 1.22. The minimum Gasteiger partial charge on any atom is -0.543 e. The Balaban J connectivity index is -0.000000351. The fraction of sp³-hybridized carbons (Fsp3) is 0.714. The van der Waals surface area contributed by atoms with Gasteiger partial charge >= 0.3 is 0 Å². The number of carbonyl (C=O) groups is 4. The van der Waals surface area contributed by atoms with Crippen molar-refractivity contribution in [3.8, 4) is 0 Å². The van der Waals surface area contributed by atoms with Gasteiger partial charge in [-0.05, 0) is 0 Å². The topological polar surface area (TPSA) is 235 Å². The molecule has 14 heteroatoms. The van der Waals surface area contributed by atoms with E-state index < -0.39 is 11.9 Å². The number of hydrogen-bond donors (Lipinski definition) is 4. The fourth-order valence-corrected chi connectivity index (χ4v) is 1.22. The molecule has 0 aromatic carbocycles. The van der Waals surface area contributed by atoms with Gasteiger partial charge in [0, 0.05) is 13.8 Å². The van der Waals surface area contributed by atoms with E-state index in [0.29, 0.717) is 26.2 Å². The molecule has 28 heavy (non-hydrogen) atoms. The highest BCUT2D eigenvalue weighted by molar-refractivity contribution is 6.25. The quantitative estimate of drug-likeness (QED) is 0.194. The van der Waals surface area contributed by atoms with Crippen LogP contribution >= 0.6 is 0 Å². The van der Waals surface area contributed by atoms with Crippen LogP contribution in [0.25, 0.3) is 0 Å². The molecule has 8 N–H and O–H groups in total. The Morgan fingerprint density at radius 2 is 1.07 bits per heavy atom. The molecule has 0 aliphatic rings. The van der Waals surface area contributed by atoms with Crippen molar-refractivity contribution in [3.63, 3.8) is 0 Å². The maximum Gasteiger partial charge on any atom is 0.243 e. The number of rotatable bonds is 10. The zero-order chi connectivity index (χ0) is 22.5. The second-order valence-electron chi connectivity index (χ2n) is 4.64. The third-order valence-corrected chi connectivity index (χ3v) is 2.27. The van der Waals surface area contributed by atoms with E-state index in [1.165, 1.54) is 24.0 Å². The highest BCUT2D eigenvalue weighted by Gasteiger charge is 2.08. The molecule has 0 saturated heterocycles. The van der Waals surface area contributed by atoms with Crippen LogP contribution in [0.4, 0.5) is 0 Å². The number of carboxylic acids is 2. The summed E-state index contributed by atoms with van der Waals surface area (Å²) in [5, 5.41) is 37.0. The number of hydroxylamine groups is 4. The van der Waals surface area contributed by atoms with E-state index in [1.807, 2.05) is 0 Å². The molecule has 0 unspecified atom stereocenters. The summed E-state index contributed by atoms with van der Waals surface area (Å²) in [5.74, 6) is -4.70. The molecule has 0 aromatic rings. The summed E-state index contributed by atoms with van der Waals surface area (Å²) in [6.45, 7) is 5.10. The highest BCUT2D eigenvalue weighted by Crippen LogP contribution is 1.89. The van der Waals surface area contributed by atoms with Crippen molar-refractivity contribution in [2.24, 2.45) is 0 Å². The molecule has 0 spiro atoms. The number of carboxylic acid groups (broad SMARTS) is 2. The number of carbonyl (C=O) groups excluding carboxylic acids is 4. The predicted molar refractivity (Wildman–Crippen MR) is 86.4 cm³/mol. The molecular formula is C14H30N4O10. The van der Waals surface area contributed by atoms with E-state index >= 15 is 0 Å². The molecule has 0 aliphatic carbocycles. The average molecular weight is 414 g/mol. The van der Waals surface area contributed by atoms with Crippen LogP contribution in [0.1, 0.15) is 13.8 Å². The first kappa shape index (κ1) is 30.4. The van der Waals surface area contributed by atoms with Crippen molar-refractivity contribution < 1.29 is 60.7 Å². The number of aliphatic hydroxyl groups is 2. The lowest BCUT2D eigenvalue weighted by molar-refractivity contribution is -0.376. The Labute approximate surface area is 162 Å². The van der Waals surface area contributed by atoms with Gasteiger partial charge in [0.1, 0.15) is 0 Å². The maximum absolute atomic E-state index is 10.7. The van der Waals surface area contributed by atoms with E-state index in [9.17, 15) is 9.59 Å². The lowest BCUT2D eigenvalue weighted by Crippen LogP contribution is -2.55. The average Bonchev–Trinajstić information content (AvgIpc) is 2.62. The van der Waals surface area contributed by atoms with Crippen molar-refractivity contribution in [2.45, 2.75) is 13.8 Å². The molecule has 0 bridgehead atoms. The van der Waals surface area contributed by atoms with E-state index in [2.05, 4.69) is 11.5 Å². The number of aliphatic hydroxyl groups excluding tert-OH is 2. The van der Waals surface area contributed by atoms with Gasteiger partial charge in [-0.2, -0.15) is 0 Å². The lowest BCUT2D eigenvalue weighted by Gasteiger charge is -2.17. The largest absolute Gasteiger partial charge is 0.543 e. The molecule has 0 atom stereocenters. The van der Waals surface area contributed by atoms with Crippen LogP contribution in [0.2, 0.25) is 0 Å². The Morgan fingerprint density at radius 3 is 1.21 bits per heavy atom. The normalized spacial score (nSPS) is 9.21. The van der Waals surface area contributed by atoms with Crippen molar-refractivity contribution in [2.75, 3.05) is 52.6 Å². The summed E-state index contributed by atoms with van der Waals surface area (Å²) in [6.07, 6.45) is 0. The van der Waals surface area contributed by atoms with Crippen LogP contribution in [0.3, 0.4) is 0 Å². The molecule has 0 radical (unpaired) electrons. The summed E-state index contributed by atoms with van der Waals surface area (Å²) in [5.41, 5.74) is 7.16. The summed E-state index contributed by atoms with van der Waals surface area (Å²) in [6, 6.07) is 0. The molecule has 0 fully saturated rings. The van der Waals surface area contributed by atoms with Crippen LogP contribution < -0.4 is 21.7 Å². The first-order chi connectivity index (χ1) is 13.1. The lowest BCUT2D eigenvalue weighted by atomic mass is 10.6.